The number of amides is 3. The van der Waals surface area contributed by atoms with Crippen LogP contribution in [0.25, 0.3) is 0 Å². The van der Waals surface area contributed by atoms with Crippen molar-refractivity contribution in [2.45, 2.75) is 39.7 Å². The number of carbonyl (C=O) groups is 3. The fourth-order valence-corrected chi connectivity index (χ4v) is 1.47. The van der Waals surface area contributed by atoms with E-state index in [0.29, 0.717) is 25.3 Å². The Morgan fingerprint density at radius 2 is 1.85 bits per heavy atom. The van der Waals surface area contributed by atoms with Crippen molar-refractivity contribution in [1.82, 2.24) is 15.5 Å². The van der Waals surface area contributed by atoms with E-state index in [1.165, 1.54) is 11.9 Å². The first kappa shape index (κ1) is 18.2. The Bertz CT molecular complexity index is 345. The van der Waals surface area contributed by atoms with Crippen LogP contribution in [0.5, 0.6) is 0 Å². The quantitative estimate of drug-likeness (QED) is 0.610. The van der Waals surface area contributed by atoms with Crippen LogP contribution in [-0.2, 0) is 9.59 Å². The second kappa shape index (κ2) is 9.17. The van der Waals surface area contributed by atoms with Crippen LogP contribution in [0.3, 0.4) is 0 Å². The molecule has 0 aromatic rings. The van der Waals surface area contributed by atoms with E-state index in [0.717, 1.165) is 0 Å². The monoisotopic (exact) mass is 287 g/mol. The number of carbonyl (C=O) groups excluding carboxylic acids is 2. The third-order valence-electron chi connectivity index (χ3n) is 2.61. The van der Waals surface area contributed by atoms with E-state index in [2.05, 4.69) is 10.6 Å². The lowest BCUT2D eigenvalue weighted by Gasteiger charge is -2.21. The first-order valence-electron chi connectivity index (χ1n) is 6.79. The van der Waals surface area contributed by atoms with Gasteiger partial charge >= 0.3 is 12.0 Å². The molecule has 20 heavy (non-hydrogen) atoms. The van der Waals surface area contributed by atoms with E-state index >= 15 is 0 Å². The molecule has 0 saturated heterocycles. The summed E-state index contributed by atoms with van der Waals surface area (Å²) in [5, 5.41) is 14.0. The minimum absolute atomic E-state index is 0.100. The van der Waals surface area contributed by atoms with E-state index < -0.39 is 18.0 Å². The average Bonchev–Trinajstić information content (AvgIpc) is 2.35. The number of nitrogens with one attached hydrogen (secondary N) is 2. The fourth-order valence-electron chi connectivity index (χ4n) is 1.47. The van der Waals surface area contributed by atoms with Gasteiger partial charge in [-0.1, -0.05) is 27.2 Å². The van der Waals surface area contributed by atoms with Gasteiger partial charge in [0.25, 0.3) is 0 Å². The molecule has 0 aliphatic heterocycles. The summed E-state index contributed by atoms with van der Waals surface area (Å²) in [6.07, 6.45) is 1.00. The zero-order valence-electron chi connectivity index (χ0n) is 12.6. The molecule has 0 aliphatic carbocycles. The normalized spacial score (nSPS) is 11.8. The molecule has 0 bridgehead atoms. The number of carboxylic acids is 1. The molecule has 0 spiro atoms. The second-order valence-corrected chi connectivity index (χ2v) is 5.18. The van der Waals surface area contributed by atoms with E-state index in [9.17, 15) is 14.4 Å². The summed E-state index contributed by atoms with van der Waals surface area (Å²) in [4.78, 5) is 35.4. The number of nitrogens with zero attached hydrogens (tertiary/aromatic N) is 1. The van der Waals surface area contributed by atoms with Crippen molar-refractivity contribution in [2.75, 3.05) is 20.1 Å². The van der Waals surface area contributed by atoms with Crippen molar-refractivity contribution in [1.29, 1.82) is 0 Å². The number of carboxylic acid groups (broad SMARTS) is 1. The van der Waals surface area contributed by atoms with Crippen LogP contribution in [0.4, 0.5) is 4.79 Å². The SMILES string of the molecule is CCC[C@@H](NC(=O)N(C)CC(=O)NCC(C)C)C(=O)O. The molecular weight excluding hydrogens is 262 g/mol. The fraction of sp³-hybridized carbons (Fsp3) is 0.769. The van der Waals surface area contributed by atoms with Gasteiger partial charge in [-0.2, -0.15) is 0 Å². The Morgan fingerprint density at radius 1 is 1.25 bits per heavy atom. The molecule has 7 nitrogen and oxygen atoms in total. The lowest BCUT2D eigenvalue weighted by atomic mass is 10.2. The van der Waals surface area contributed by atoms with Crippen LogP contribution >= 0.6 is 0 Å². The van der Waals surface area contributed by atoms with Crippen molar-refractivity contribution < 1.29 is 19.5 Å². The lowest BCUT2D eigenvalue weighted by molar-refractivity contribution is -0.139. The Balaban J connectivity index is 4.26. The maximum absolute atomic E-state index is 11.8. The van der Waals surface area contributed by atoms with Gasteiger partial charge in [-0.25, -0.2) is 9.59 Å². The van der Waals surface area contributed by atoms with Gasteiger partial charge in [0.1, 0.15) is 12.6 Å². The summed E-state index contributed by atoms with van der Waals surface area (Å²) in [7, 11) is 1.45. The van der Waals surface area contributed by atoms with Gasteiger partial charge in [0.15, 0.2) is 0 Å². The molecule has 0 fully saturated rings. The highest BCUT2D eigenvalue weighted by atomic mass is 16.4. The molecular formula is C13H25N3O4. The average molecular weight is 287 g/mol. The van der Waals surface area contributed by atoms with Crippen molar-refractivity contribution >= 4 is 17.9 Å². The van der Waals surface area contributed by atoms with E-state index in [4.69, 9.17) is 5.11 Å². The number of aliphatic carboxylic acids is 1. The highest BCUT2D eigenvalue weighted by Crippen LogP contribution is 1.98. The molecule has 1 atom stereocenters. The minimum Gasteiger partial charge on any atom is -0.480 e. The molecule has 0 radical (unpaired) electrons. The van der Waals surface area contributed by atoms with Gasteiger partial charge < -0.3 is 20.6 Å². The largest absolute Gasteiger partial charge is 0.480 e. The van der Waals surface area contributed by atoms with Crippen LogP contribution in [0, 0.1) is 5.92 Å². The highest BCUT2D eigenvalue weighted by Gasteiger charge is 2.21. The minimum atomic E-state index is -1.07. The number of urea groups is 1. The standard InChI is InChI=1S/C13H25N3O4/c1-5-6-10(12(18)19)15-13(20)16(4)8-11(17)14-7-9(2)3/h9-10H,5-8H2,1-4H3,(H,14,17)(H,15,20)(H,18,19)/t10-/m1/s1. The van der Waals surface area contributed by atoms with Crippen molar-refractivity contribution in [2.24, 2.45) is 5.92 Å². The predicted molar refractivity (Wildman–Crippen MR) is 75.3 cm³/mol. The molecule has 0 heterocycles. The second-order valence-electron chi connectivity index (χ2n) is 5.18. The summed E-state index contributed by atoms with van der Waals surface area (Å²) in [5.41, 5.74) is 0. The molecule has 0 aromatic heterocycles. The van der Waals surface area contributed by atoms with Gasteiger partial charge in [0.05, 0.1) is 0 Å². The van der Waals surface area contributed by atoms with Crippen molar-refractivity contribution in [3.8, 4) is 0 Å². The summed E-state index contributed by atoms with van der Waals surface area (Å²) in [6.45, 7) is 6.22. The van der Waals surface area contributed by atoms with Crippen molar-refractivity contribution in [3.63, 3.8) is 0 Å². The maximum atomic E-state index is 11.8. The van der Waals surface area contributed by atoms with E-state index in [-0.39, 0.29) is 12.5 Å². The third-order valence-corrected chi connectivity index (χ3v) is 2.61. The van der Waals surface area contributed by atoms with E-state index in [1.807, 2.05) is 20.8 Å². The highest BCUT2D eigenvalue weighted by molar-refractivity contribution is 5.86. The van der Waals surface area contributed by atoms with Gasteiger partial charge in [0.2, 0.25) is 5.91 Å². The molecule has 3 amide bonds. The number of hydrogen-bond acceptors (Lipinski definition) is 3. The maximum Gasteiger partial charge on any atom is 0.326 e. The molecule has 0 aromatic carbocycles. The van der Waals surface area contributed by atoms with Crippen LogP contribution in [0.1, 0.15) is 33.6 Å². The zero-order chi connectivity index (χ0) is 15.7. The van der Waals surface area contributed by atoms with Crippen molar-refractivity contribution in [3.05, 3.63) is 0 Å². The third kappa shape index (κ3) is 7.60. The molecule has 0 saturated carbocycles. The van der Waals surface area contributed by atoms with Gasteiger partial charge in [-0.05, 0) is 12.3 Å². The molecule has 0 unspecified atom stereocenters. The van der Waals surface area contributed by atoms with E-state index in [1.54, 1.807) is 0 Å². The number of rotatable bonds is 8. The molecule has 116 valence electrons. The number of hydrogen-bond donors (Lipinski definition) is 3. The van der Waals surface area contributed by atoms with Crippen LogP contribution in [0.2, 0.25) is 0 Å². The first-order valence-corrected chi connectivity index (χ1v) is 6.79. The first-order chi connectivity index (χ1) is 9.27. The lowest BCUT2D eigenvalue weighted by Crippen LogP contribution is -2.49. The molecule has 3 N–H and O–H groups in total. The zero-order valence-corrected chi connectivity index (χ0v) is 12.6. The van der Waals surface area contributed by atoms with Gasteiger partial charge in [-0.3, -0.25) is 4.79 Å². The Morgan fingerprint density at radius 3 is 2.30 bits per heavy atom. The summed E-state index contributed by atoms with van der Waals surface area (Å²) in [6, 6.07) is -1.49. The van der Waals surface area contributed by atoms with Crippen LogP contribution in [-0.4, -0.2) is 54.1 Å². The van der Waals surface area contributed by atoms with Gasteiger partial charge in [0, 0.05) is 13.6 Å². The topological polar surface area (TPSA) is 98.7 Å². The molecule has 7 heteroatoms. The van der Waals surface area contributed by atoms with Gasteiger partial charge in [-0.15, -0.1) is 0 Å². The smallest absolute Gasteiger partial charge is 0.326 e. The Kier molecular flexibility index (Phi) is 8.35. The predicted octanol–water partition coefficient (Wildman–Crippen LogP) is 0.653. The Hall–Kier alpha value is -1.79. The molecule has 0 rings (SSSR count). The molecule has 0 aliphatic rings. The summed E-state index contributed by atoms with van der Waals surface area (Å²) in [5.74, 6) is -1.00. The number of likely N-dealkylation sites (N-methyl/N-ethyl adjacent to an activating group) is 1. The van der Waals surface area contributed by atoms with Crippen LogP contribution in [0.15, 0.2) is 0 Å². The Labute approximate surface area is 119 Å². The summed E-state index contributed by atoms with van der Waals surface area (Å²) >= 11 is 0. The summed E-state index contributed by atoms with van der Waals surface area (Å²) < 4.78 is 0. The van der Waals surface area contributed by atoms with Crippen LogP contribution < -0.4 is 10.6 Å².